The van der Waals surface area contributed by atoms with Crippen LogP contribution < -0.4 is 5.32 Å². The molecular weight excluding hydrogens is 827 g/mol. The van der Waals surface area contributed by atoms with Gasteiger partial charge in [-0.25, -0.2) is 0 Å². The summed E-state index contributed by atoms with van der Waals surface area (Å²) in [6.07, 6.45) is 69.6. The highest BCUT2D eigenvalue weighted by molar-refractivity contribution is 5.77. The molecule has 6 heteroatoms. The first-order chi connectivity index (χ1) is 33.0. The van der Waals surface area contributed by atoms with Gasteiger partial charge in [-0.15, -0.1) is 0 Å². The Morgan fingerprint density at radius 1 is 0.433 bits per heavy atom. The molecule has 0 aromatic heterocycles. The fourth-order valence-electron chi connectivity index (χ4n) is 8.49. The summed E-state index contributed by atoms with van der Waals surface area (Å²) in [5.74, 6) is -0.522. The number of hydrogen-bond acceptors (Lipinski definition) is 5. The highest BCUT2D eigenvalue weighted by atomic mass is 16.5. The molecule has 3 unspecified atom stereocenters. The fraction of sp³-hybridized carbons (Fsp3) is 0.770. The van der Waals surface area contributed by atoms with Crippen molar-refractivity contribution in [1.82, 2.24) is 5.32 Å². The van der Waals surface area contributed by atoms with E-state index >= 15 is 0 Å². The molecule has 0 saturated heterocycles. The smallest absolute Gasteiger partial charge is 0.306 e. The Balaban J connectivity index is 4.67. The van der Waals surface area contributed by atoms with Gasteiger partial charge in [-0.3, -0.25) is 9.59 Å². The van der Waals surface area contributed by atoms with Crippen LogP contribution in [0.1, 0.15) is 278 Å². The Hall–Kier alpha value is -2.70. The van der Waals surface area contributed by atoms with Crippen LogP contribution in [0, 0.1) is 0 Å². The first-order valence-electron chi connectivity index (χ1n) is 28.7. The first-order valence-corrected chi connectivity index (χ1v) is 28.7. The lowest BCUT2D eigenvalue weighted by Gasteiger charge is -2.24. The maximum Gasteiger partial charge on any atom is 0.306 e. The number of ether oxygens (including phenoxy) is 1. The Kier molecular flexibility index (Phi) is 52.1. The zero-order chi connectivity index (χ0) is 48.8. The predicted octanol–water partition coefficient (Wildman–Crippen LogP) is 17.7. The average molecular weight is 937 g/mol. The van der Waals surface area contributed by atoms with Gasteiger partial charge >= 0.3 is 5.97 Å². The van der Waals surface area contributed by atoms with Crippen molar-refractivity contribution in [2.24, 2.45) is 0 Å². The van der Waals surface area contributed by atoms with E-state index in [2.05, 4.69) is 99.0 Å². The molecule has 0 aromatic carbocycles. The summed E-state index contributed by atoms with van der Waals surface area (Å²) in [5, 5.41) is 23.9. The van der Waals surface area contributed by atoms with Gasteiger partial charge in [0.05, 0.1) is 25.2 Å². The largest absolute Gasteiger partial charge is 0.462 e. The molecule has 1 amide bonds. The zero-order valence-electron chi connectivity index (χ0n) is 44.3. The number of hydrogen-bond donors (Lipinski definition) is 3. The van der Waals surface area contributed by atoms with Crippen molar-refractivity contribution in [3.8, 4) is 0 Å². The van der Waals surface area contributed by atoms with Crippen molar-refractivity contribution in [3.63, 3.8) is 0 Å². The number of amides is 1. The summed E-state index contributed by atoms with van der Waals surface area (Å²) in [7, 11) is 0. The summed E-state index contributed by atoms with van der Waals surface area (Å²) in [4.78, 5) is 26.3. The highest BCUT2D eigenvalue weighted by Gasteiger charge is 2.24. The van der Waals surface area contributed by atoms with E-state index in [9.17, 15) is 19.8 Å². The third-order valence-corrected chi connectivity index (χ3v) is 12.9. The molecule has 0 heterocycles. The number of carbonyl (C=O) groups excluding carboxylic acids is 2. The number of esters is 1. The molecule has 0 spiro atoms. The maximum absolute atomic E-state index is 13.3. The molecule has 3 atom stereocenters. The number of unbranched alkanes of at least 4 members (excludes halogenated alkanes) is 31. The van der Waals surface area contributed by atoms with Crippen LogP contribution in [0.4, 0.5) is 0 Å². The maximum atomic E-state index is 13.3. The van der Waals surface area contributed by atoms with Crippen molar-refractivity contribution < 1.29 is 24.5 Å². The molecule has 388 valence electrons. The van der Waals surface area contributed by atoms with Gasteiger partial charge in [-0.2, -0.15) is 0 Å². The standard InChI is InChI=1S/C61H109NO5/c1-4-7-10-13-16-19-22-25-28-30-31-33-36-39-42-45-48-51-54-61(66)67-57(52-49-46-43-40-37-34-32-29-26-23-20-17-14-11-8-5-2)55-60(65)62-58(56-63)59(64)53-50-47-44-41-38-35-27-24-21-18-15-12-9-6-3/h16,19,22,25,28-34,37,57-59,63-64H,4-15,17-18,20-21,23-24,26-27,35-36,38-56H2,1-3H3,(H,62,65)/b19-16+,25-22+,30-28+,32-29+,33-31+,37-34+. The van der Waals surface area contributed by atoms with E-state index in [1.807, 2.05) is 0 Å². The SMILES string of the molecule is CCCCC/C=C/C=C/C=C/C=C/CCCCCCCC(=O)OC(CCCCC/C=C/C=C/CCCCCCCCC)CC(=O)NC(CO)C(O)CCCCCCCCCCCCCCCC. The number of rotatable bonds is 51. The van der Waals surface area contributed by atoms with E-state index in [1.165, 1.54) is 135 Å². The van der Waals surface area contributed by atoms with Crippen LogP contribution in [-0.4, -0.2) is 46.9 Å². The predicted molar refractivity (Wildman–Crippen MR) is 291 cm³/mol. The number of nitrogens with one attached hydrogen (secondary N) is 1. The van der Waals surface area contributed by atoms with E-state index in [0.29, 0.717) is 19.3 Å². The van der Waals surface area contributed by atoms with Gasteiger partial charge in [0.2, 0.25) is 5.91 Å². The van der Waals surface area contributed by atoms with Crippen LogP contribution in [-0.2, 0) is 14.3 Å². The van der Waals surface area contributed by atoms with Crippen molar-refractivity contribution in [2.45, 2.75) is 296 Å². The van der Waals surface area contributed by atoms with E-state index < -0.39 is 18.2 Å². The Morgan fingerprint density at radius 3 is 1.21 bits per heavy atom. The molecule has 0 rings (SSSR count). The van der Waals surface area contributed by atoms with Crippen LogP contribution >= 0.6 is 0 Å². The number of carbonyl (C=O) groups is 2. The minimum atomic E-state index is -0.803. The molecule has 0 aliphatic heterocycles. The highest BCUT2D eigenvalue weighted by Crippen LogP contribution is 2.18. The minimum absolute atomic E-state index is 0.0480. The average Bonchev–Trinajstić information content (AvgIpc) is 3.32. The van der Waals surface area contributed by atoms with Gasteiger partial charge < -0.3 is 20.3 Å². The molecule has 67 heavy (non-hydrogen) atoms. The topological polar surface area (TPSA) is 95.9 Å². The van der Waals surface area contributed by atoms with Gasteiger partial charge in [-0.1, -0.05) is 261 Å². The second-order valence-electron chi connectivity index (χ2n) is 19.5. The zero-order valence-corrected chi connectivity index (χ0v) is 44.3. The van der Waals surface area contributed by atoms with E-state index in [0.717, 1.165) is 96.3 Å². The summed E-state index contributed by atoms with van der Waals surface area (Å²) in [5.41, 5.74) is 0. The van der Waals surface area contributed by atoms with Crippen LogP contribution in [0.25, 0.3) is 0 Å². The summed E-state index contributed by atoms with van der Waals surface area (Å²) >= 11 is 0. The lowest BCUT2D eigenvalue weighted by molar-refractivity contribution is -0.151. The fourth-order valence-corrected chi connectivity index (χ4v) is 8.49. The van der Waals surface area contributed by atoms with Gasteiger partial charge in [0.15, 0.2) is 0 Å². The Labute approximate surface area is 415 Å². The summed E-state index contributed by atoms with van der Waals surface area (Å²) in [6, 6.07) is -0.719. The first kappa shape index (κ1) is 64.3. The van der Waals surface area contributed by atoms with Gasteiger partial charge in [-0.05, 0) is 77.0 Å². The van der Waals surface area contributed by atoms with Crippen molar-refractivity contribution >= 4 is 11.9 Å². The number of aliphatic hydroxyl groups excluding tert-OH is 2. The summed E-state index contributed by atoms with van der Waals surface area (Å²) in [6.45, 7) is 6.45. The Bertz CT molecular complexity index is 1230. The van der Waals surface area contributed by atoms with E-state index in [-0.39, 0.29) is 24.9 Å². The molecule has 0 saturated carbocycles. The van der Waals surface area contributed by atoms with Gasteiger partial charge in [0, 0.05) is 6.42 Å². The second kappa shape index (κ2) is 54.2. The monoisotopic (exact) mass is 936 g/mol. The lowest BCUT2D eigenvalue weighted by Crippen LogP contribution is -2.46. The number of aliphatic hydroxyl groups is 2. The molecule has 0 aromatic rings. The van der Waals surface area contributed by atoms with Crippen LogP contribution in [0.15, 0.2) is 72.9 Å². The summed E-state index contributed by atoms with van der Waals surface area (Å²) < 4.78 is 5.94. The second-order valence-corrected chi connectivity index (χ2v) is 19.5. The molecule has 6 nitrogen and oxygen atoms in total. The van der Waals surface area contributed by atoms with Crippen molar-refractivity contribution in [3.05, 3.63) is 72.9 Å². The van der Waals surface area contributed by atoms with Crippen molar-refractivity contribution in [1.29, 1.82) is 0 Å². The lowest BCUT2D eigenvalue weighted by atomic mass is 10.0. The number of allylic oxidation sites excluding steroid dienone is 12. The van der Waals surface area contributed by atoms with E-state index in [1.54, 1.807) is 0 Å². The van der Waals surface area contributed by atoms with E-state index in [4.69, 9.17) is 4.74 Å². The molecule has 0 radical (unpaired) electrons. The molecule has 0 aliphatic rings. The van der Waals surface area contributed by atoms with Gasteiger partial charge in [0.25, 0.3) is 0 Å². The molecule has 0 bridgehead atoms. The van der Waals surface area contributed by atoms with Gasteiger partial charge in [0.1, 0.15) is 6.10 Å². The van der Waals surface area contributed by atoms with Crippen LogP contribution in [0.2, 0.25) is 0 Å². The third-order valence-electron chi connectivity index (χ3n) is 12.9. The van der Waals surface area contributed by atoms with Crippen molar-refractivity contribution in [2.75, 3.05) is 6.61 Å². The third kappa shape index (κ3) is 49.5. The quantitative estimate of drug-likeness (QED) is 0.0321. The van der Waals surface area contributed by atoms with Crippen LogP contribution in [0.3, 0.4) is 0 Å². The molecule has 0 aliphatic carbocycles. The molecule has 3 N–H and O–H groups in total. The molecule has 0 fully saturated rings. The minimum Gasteiger partial charge on any atom is -0.462 e. The van der Waals surface area contributed by atoms with Crippen LogP contribution in [0.5, 0.6) is 0 Å². The molecular formula is C61H109NO5. The Morgan fingerprint density at radius 2 is 0.761 bits per heavy atom. The normalized spacial score (nSPS) is 13.7.